The van der Waals surface area contributed by atoms with E-state index in [0.717, 1.165) is 52.2 Å². The summed E-state index contributed by atoms with van der Waals surface area (Å²) in [5.74, 6) is 0.338. The van der Waals surface area contributed by atoms with Gasteiger partial charge in [-0.2, -0.15) is 0 Å². The zero-order valence-electron chi connectivity index (χ0n) is 15.8. The Kier molecular flexibility index (Phi) is 4.13. The fourth-order valence-corrected chi connectivity index (χ4v) is 5.69. The number of thiophene rings is 2. The van der Waals surface area contributed by atoms with Gasteiger partial charge in [-0.1, -0.05) is 0 Å². The average molecular weight is 439 g/mol. The summed E-state index contributed by atoms with van der Waals surface area (Å²) in [6, 6.07) is 3.94. The molecule has 152 valence electrons. The molecular weight excluding hydrogens is 420 g/mol. The highest BCUT2D eigenvalue weighted by Gasteiger charge is 2.36. The Balaban J connectivity index is 1.60. The van der Waals surface area contributed by atoms with Crippen molar-refractivity contribution in [2.75, 3.05) is 31.1 Å². The van der Waals surface area contributed by atoms with Crippen LogP contribution in [0.5, 0.6) is 0 Å². The maximum absolute atomic E-state index is 12.9. The van der Waals surface area contributed by atoms with Gasteiger partial charge >= 0.3 is 0 Å². The first-order chi connectivity index (χ1) is 14.7. The summed E-state index contributed by atoms with van der Waals surface area (Å²) < 4.78 is 0. The van der Waals surface area contributed by atoms with Crippen LogP contribution in [-0.2, 0) is 4.79 Å². The van der Waals surface area contributed by atoms with E-state index in [4.69, 9.17) is 9.97 Å². The Morgan fingerprint density at radius 2 is 1.90 bits per heavy atom. The second-order valence-electron chi connectivity index (χ2n) is 7.28. The van der Waals surface area contributed by atoms with Crippen LogP contribution in [0.2, 0.25) is 0 Å². The second-order valence-corrected chi connectivity index (χ2v) is 9.09. The van der Waals surface area contributed by atoms with Gasteiger partial charge in [0.25, 0.3) is 5.91 Å². The fourth-order valence-electron chi connectivity index (χ4n) is 4.15. The molecule has 1 amide bonds. The van der Waals surface area contributed by atoms with Crippen molar-refractivity contribution in [1.29, 1.82) is 0 Å². The van der Waals surface area contributed by atoms with Crippen molar-refractivity contribution < 1.29 is 9.90 Å². The van der Waals surface area contributed by atoms with Crippen molar-refractivity contribution in [3.8, 4) is 0 Å². The molecule has 1 fully saturated rings. The molecule has 2 aliphatic rings. The Labute approximate surface area is 179 Å². The Morgan fingerprint density at radius 3 is 2.77 bits per heavy atom. The van der Waals surface area contributed by atoms with Crippen LogP contribution in [0.25, 0.3) is 31.6 Å². The molecule has 8 nitrogen and oxygen atoms in total. The van der Waals surface area contributed by atoms with Gasteiger partial charge in [-0.15, -0.1) is 22.7 Å². The molecule has 1 saturated heterocycles. The molecule has 6 rings (SSSR count). The number of aromatic amines is 1. The van der Waals surface area contributed by atoms with E-state index in [0.29, 0.717) is 22.8 Å². The molecule has 0 aromatic carbocycles. The number of aliphatic hydroxyl groups excluding tert-OH is 1. The number of aromatic nitrogens is 3. The lowest BCUT2D eigenvalue weighted by Gasteiger charge is -2.27. The number of aliphatic hydroxyl groups is 1. The summed E-state index contributed by atoms with van der Waals surface area (Å²) in [5.41, 5.74) is 2.36. The van der Waals surface area contributed by atoms with Gasteiger partial charge < -0.3 is 25.6 Å². The molecule has 6 heterocycles. The van der Waals surface area contributed by atoms with Crippen LogP contribution in [0.1, 0.15) is 11.3 Å². The smallest absolute Gasteiger partial charge is 0.254 e. The van der Waals surface area contributed by atoms with Crippen LogP contribution >= 0.6 is 22.7 Å². The van der Waals surface area contributed by atoms with E-state index in [2.05, 4.69) is 20.5 Å². The van der Waals surface area contributed by atoms with Gasteiger partial charge in [0.05, 0.1) is 11.3 Å². The van der Waals surface area contributed by atoms with Crippen LogP contribution in [0.15, 0.2) is 29.1 Å². The largest absolute Gasteiger partial charge is 0.369 e. The van der Waals surface area contributed by atoms with Crippen molar-refractivity contribution in [3.63, 3.8) is 0 Å². The Morgan fingerprint density at radius 1 is 1.10 bits per heavy atom. The van der Waals surface area contributed by atoms with Crippen LogP contribution in [0, 0.1) is 0 Å². The van der Waals surface area contributed by atoms with Gasteiger partial charge in [0.1, 0.15) is 9.66 Å². The van der Waals surface area contributed by atoms with Crippen LogP contribution in [0.3, 0.4) is 0 Å². The number of fused-ring (bicyclic) bond motifs is 2. The lowest BCUT2D eigenvalue weighted by Crippen LogP contribution is -2.44. The third-order valence-corrected chi connectivity index (χ3v) is 7.23. The minimum atomic E-state index is -1.12. The summed E-state index contributed by atoms with van der Waals surface area (Å²) in [6.45, 7) is 3.37. The molecule has 0 saturated carbocycles. The van der Waals surface area contributed by atoms with Crippen LogP contribution in [0.4, 0.5) is 5.95 Å². The highest BCUT2D eigenvalue weighted by Crippen LogP contribution is 2.40. The highest BCUT2D eigenvalue weighted by molar-refractivity contribution is 7.17. The van der Waals surface area contributed by atoms with Gasteiger partial charge in [0.2, 0.25) is 5.95 Å². The van der Waals surface area contributed by atoms with Crippen molar-refractivity contribution >= 4 is 66.1 Å². The van der Waals surface area contributed by atoms with Gasteiger partial charge in [-0.05, 0) is 22.9 Å². The molecule has 1 unspecified atom stereocenters. The number of amides is 1. The molecule has 4 aromatic heterocycles. The predicted octanol–water partition coefficient (Wildman–Crippen LogP) is 2.00. The van der Waals surface area contributed by atoms with E-state index in [1.807, 2.05) is 29.1 Å². The molecule has 0 radical (unpaired) electrons. The van der Waals surface area contributed by atoms with E-state index in [1.54, 1.807) is 11.3 Å². The molecule has 10 heteroatoms. The van der Waals surface area contributed by atoms with Crippen molar-refractivity contribution in [1.82, 2.24) is 25.6 Å². The second kappa shape index (κ2) is 6.88. The monoisotopic (exact) mass is 438 g/mol. The fraction of sp³-hybridized carbons (Fsp3) is 0.250. The minimum Gasteiger partial charge on any atom is -0.369 e. The van der Waals surface area contributed by atoms with E-state index in [9.17, 15) is 9.90 Å². The van der Waals surface area contributed by atoms with Gasteiger partial charge in [-0.3, -0.25) is 4.79 Å². The molecule has 0 spiro atoms. The summed E-state index contributed by atoms with van der Waals surface area (Å²) in [7, 11) is 0. The number of carbonyl (C=O) groups is 1. The van der Waals surface area contributed by atoms with Crippen molar-refractivity contribution in [2.24, 2.45) is 0 Å². The third-order valence-electron chi connectivity index (χ3n) is 5.58. The SMILES string of the molecule is O=C1NC(O)C(c2nc(N3CCNCC3)nc3sccc23)=C1c1c[nH]c2sccc12. The summed E-state index contributed by atoms with van der Waals surface area (Å²) in [4.78, 5) is 29.7. The number of hydrogen-bond donors (Lipinski definition) is 4. The molecular formula is C20H18N6O2S2. The number of hydrogen-bond acceptors (Lipinski definition) is 8. The number of H-pyrrole nitrogens is 1. The maximum Gasteiger partial charge on any atom is 0.254 e. The molecule has 4 aromatic rings. The summed E-state index contributed by atoms with van der Waals surface area (Å²) in [6.07, 6.45) is 0.710. The molecule has 2 aliphatic heterocycles. The normalized spacial score (nSPS) is 20.0. The number of nitrogens with one attached hydrogen (secondary N) is 3. The zero-order chi connectivity index (χ0) is 20.2. The predicted molar refractivity (Wildman–Crippen MR) is 120 cm³/mol. The lowest BCUT2D eigenvalue weighted by atomic mass is 9.98. The molecule has 0 bridgehead atoms. The quantitative estimate of drug-likeness (QED) is 0.390. The van der Waals surface area contributed by atoms with E-state index in [-0.39, 0.29) is 5.91 Å². The van der Waals surface area contributed by atoms with Crippen LogP contribution in [-0.4, -0.2) is 58.4 Å². The first kappa shape index (κ1) is 18.0. The number of anilines is 1. The molecule has 1 atom stereocenters. The molecule has 30 heavy (non-hydrogen) atoms. The standard InChI is InChI=1S/C20H18N6O2S2/c27-16-13(12-9-22-18-10(12)1-7-29-18)14(17(28)24-16)15-11-2-8-30-19(11)25-20(23-15)26-5-3-21-4-6-26/h1-2,7-9,17,21-22,28H,3-6H2,(H,24,27). The average Bonchev–Trinajstić information content (AvgIpc) is 3.52. The Bertz CT molecular complexity index is 1310. The van der Waals surface area contributed by atoms with Crippen molar-refractivity contribution in [2.45, 2.75) is 6.23 Å². The minimum absolute atomic E-state index is 0.296. The van der Waals surface area contributed by atoms with E-state index in [1.165, 1.54) is 11.3 Å². The van der Waals surface area contributed by atoms with Gasteiger partial charge in [-0.25, -0.2) is 9.97 Å². The lowest BCUT2D eigenvalue weighted by molar-refractivity contribution is -0.116. The number of piperazine rings is 1. The number of nitrogens with zero attached hydrogens (tertiary/aromatic N) is 3. The highest BCUT2D eigenvalue weighted by atomic mass is 32.1. The first-order valence-corrected chi connectivity index (χ1v) is 11.5. The third kappa shape index (κ3) is 2.68. The zero-order valence-corrected chi connectivity index (χ0v) is 17.4. The molecule has 0 aliphatic carbocycles. The topological polar surface area (TPSA) is 106 Å². The summed E-state index contributed by atoms with van der Waals surface area (Å²) >= 11 is 3.12. The summed E-state index contributed by atoms with van der Waals surface area (Å²) in [5, 5.41) is 22.6. The maximum atomic E-state index is 12.9. The number of carbonyl (C=O) groups excluding carboxylic acids is 1. The van der Waals surface area contributed by atoms with Gasteiger partial charge in [0, 0.05) is 54.3 Å². The Hall–Kier alpha value is -2.79. The number of rotatable bonds is 3. The molecule has 4 N–H and O–H groups in total. The van der Waals surface area contributed by atoms with Crippen LogP contribution < -0.4 is 15.5 Å². The first-order valence-electron chi connectivity index (χ1n) is 9.70. The van der Waals surface area contributed by atoms with E-state index >= 15 is 0 Å². The van der Waals surface area contributed by atoms with Crippen molar-refractivity contribution in [3.05, 3.63) is 40.3 Å². The van der Waals surface area contributed by atoms with Gasteiger partial charge in [0.15, 0.2) is 6.23 Å². The van der Waals surface area contributed by atoms with E-state index < -0.39 is 6.23 Å².